The highest BCUT2D eigenvalue weighted by molar-refractivity contribution is 14.1. The number of allylic oxidation sites excluding steroid dienone is 8. The Bertz CT molecular complexity index is 2080. The van der Waals surface area contributed by atoms with Gasteiger partial charge in [-0.15, -0.1) is 0 Å². The summed E-state index contributed by atoms with van der Waals surface area (Å²) in [4.78, 5) is 2.25. The molecule has 2 aromatic carbocycles. The molecule has 51 heavy (non-hydrogen) atoms. The van der Waals surface area contributed by atoms with Crippen LogP contribution in [0, 0.1) is 7.14 Å². The highest BCUT2D eigenvalue weighted by Gasteiger charge is 2.44. The molecule has 0 unspecified atom stereocenters. The lowest BCUT2D eigenvalue weighted by atomic mass is 9.81. The maximum absolute atomic E-state index is 11.4. The molecule has 276 valence electrons. The molecule has 2 heterocycles. The topological polar surface area (TPSA) is 118 Å². The van der Waals surface area contributed by atoms with Crippen LogP contribution < -0.4 is 4.90 Å². The summed E-state index contributed by atoms with van der Waals surface area (Å²) in [6.45, 7) is 10.0. The molecule has 1 aliphatic carbocycles. The highest BCUT2D eigenvalue weighted by atomic mass is 127. The minimum atomic E-state index is -4.26. The monoisotopic (exact) mass is 978 g/mol. The molecule has 2 aliphatic heterocycles. The largest absolute Gasteiger partial charge is 0.748 e. The number of unbranched alkanes of at least 4 members (excludes halogenated alkanes) is 2. The van der Waals surface area contributed by atoms with Crippen molar-refractivity contribution >= 4 is 94.1 Å². The van der Waals surface area contributed by atoms with Gasteiger partial charge in [-0.1, -0.05) is 37.6 Å². The normalized spacial score (nSPS) is 20.3. The first kappa shape index (κ1) is 40.6. The molecule has 0 radical (unpaired) electrons. The van der Waals surface area contributed by atoms with E-state index in [1.165, 1.54) is 11.1 Å². The molecule has 0 atom stereocenters. The van der Waals surface area contributed by atoms with Crippen LogP contribution in [0.3, 0.4) is 0 Å². The van der Waals surface area contributed by atoms with Crippen molar-refractivity contribution in [3.8, 4) is 0 Å². The van der Waals surface area contributed by atoms with Gasteiger partial charge in [0.15, 0.2) is 5.71 Å². The van der Waals surface area contributed by atoms with E-state index in [4.69, 9.17) is 11.6 Å². The van der Waals surface area contributed by atoms with Gasteiger partial charge in [0, 0.05) is 65.4 Å². The summed E-state index contributed by atoms with van der Waals surface area (Å²) in [6, 6.07) is 12.8. The molecule has 0 bridgehead atoms. The van der Waals surface area contributed by atoms with Crippen LogP contribution >= 0.6 is 56.8 Å². The minimum Gasteiger partial charge on any atom is -0.748 e. The van der Waals surface area contributed by atoms with E-state index in [1.807, 2.05) is 0 Å². The van der Waals surface area contributed by atoms with Gasteiger partial charge in [0.05, 0.1) is 21.3 Å². The van der Waals surface area contributed by atoms with Crippen LogP contribution in [-0.4, -0.2) is 60.8 Å². The molecular weight excluding hydrogens is 934 g/mol. The SMILES string of the molecule is CC1(C)C(=CC=C2CCCC(C=CC3=[N+](CCCCS(=O)(=O)O)c4ccc(I)cc4C3(C)C)=C2Cl)N(CCCCS(=O)(=O)[O-])c2ccc(I)cc21. The minimum absolute atomic E-state index is 0.255. The summed E-state index contributed by atoms with van der Waals surface area (Å²) in [5.41, 5.74) is 8.38. The Morgan fingerprint density at radius 1 is 0.882 bits per heavy atom. The maximum atomic E-state index is 11.4. The Labute approximate surface area is 335 Å². The lowest BCUT2D eigenvalue weighted by Crippen LogP contribution is -2.28. The average Bonchev–Trinajstić information content (AvgIpc) is 3.36. The number of halogens is 3. The van der Waals surface area contributed by atoms with Gasteiger partial charge >= 0.3 is 0 Å². The van der Waals surface area contributed by atoms with Gasteiger partial charge in [0.25, 0.3) is 10.1 Å². The zero-order valence-electron chi connectivity index (χ0n) is 29.4. The zero-order valence-corrected chi connectivity index (χ0v) is 36.1. The molecular formula is C38H45ClI2N2O6S2. The highest BCUT2D eigenvalue weighted by Crippen LogP contribution is 2.49. The van der Waals surface area contributed by atoms with E-state index < -0.39 is 20.2 Å². The summed E-state index contributed by atoms with van der Waals surface area (Å²) in [6.07, 6.45) is 13.1. The molecule has 0 saturated heterocycles. The van der Waals surface area contributed by atoms with Crippen LogP contribution in [0.1, 0.15) is 83.8 Å². The van der Waals surface area contributed by atoms with Crippen molar-refractivity contribution in [1.82, 2.24) is 0 Å². The maximum Gasteiger partial charge on any atom is 0.264 e. The Hall–Kier alpha value is -1.56. The fourth-order valence-corrected chi connectivity index (χ4v) is 9.87. The van der Waals surface area contributed by atoms with Gasteiger partial charge in [-0.3, -0.25) is 4.55 Å². The second-order valence-corrected chi connectivity index (χ2v) is 20.5. The molecule has 1 N–H and O–H groups in total. The number of nitrogens with zero attached hydrogens (tertiary/aromatic N) is 2. The van der Waals surface area contributed by atoms with Gasteiger partial charge in [0.2, 0.25) is 5.69 Å². The summed E-state index contributed by atoms with van der Waals surface area (Å²) < 4.78 is 70.2. The molecule has 3 aliphatic rings. The first-order valence-corrected chi connectivity index (χ1v) is 22.9. The summed E-state index contributed by atoms with van der Waals surface area (Å²) >= 11 is 11.8. The number of fused-ring (bicyclic) bond motifs is 2. The van der Waals surface area contributed by atoms with Crippen molar-refractivity contribution in [2.75, 3.05) is 29.5 Å². The molecule has 13 heteroatoms. The van der Waals surface area contributed by atoms with E-state index in [1.54, 1.807) is 0 Å². The number of rotatable bonds is 13. The first-order valence-electron chi connectivity index (χ1n) is 17.2. The Kier molecular flexibility index (Phi) is 12.8. The average molecular weight is 979 g/mol. The van der Waals surface area contributed by atoms with Crippen molar-refractivity contribution in [3.63, 3.8) is 0 Å². The molecule has 0 saturated carbocycles. The number of benzene rings is 2. The van der Waals surface area contributed by atoms with Gasteiger partial charge in [0.1, 0.15) is 6.54 Å². The summed E-state index contributed by atoms with van der Waals surface area (Å²) in [5, 5.41) is 0.743. The zero-order chi connectivity index (χ0) is 37.4. The van der Waals surface area contributed by atoms with E-state index in [2.05, 4.69) is 143 Å². The quantitative estimate of drug-likeness (QED) is 0.0922. The van der Waals surface area contributed by atoms with Gasteiger partial charge in [-0.05, 0) is 151 Å². The number of hydrogen-bond acceptors (Lipinski definition) is 6. The molecule has 2 aromatic rings. The van der Waals surface area contributed by atoms with Crippen molar-refractivity contribution in [3.05, 3.63) is 101 Å². The predicted octanol–water partition coefficient (Wildman–Crippen LogP) is 9.11. The van der Waals surface area contributed by atoms with Gasteiger partial charge in [-0.2, -0.15) is 13.0 Å². The fourth-order valence-electron chi connectivity index (χ4n) is 7.45. The van der Waals surface area contributed by atoms with Crippen LogP contribution in [0.15, 0.2) is 82.6 Å². The standard InChI is InChI=1S/C38H45ClI2N2O6S2/c1-37(2)30-24-28(40)14-16-32(30)42(20-5-7-22-50(44,45)46)34(37)18-12-26-10-9-11-27(36(26)39)13-19-35-38(3,4)31-25-29(41)15-17-33(31)43(35)21-6-8-23-51(47,48)49/h12-19,24-25H,5-11,20-23H2,1-4H3,(H-,44,45,46,47,48,49). The lowest BCUT2D eigenvalue weighted by Gasteiger charge is -2.27. The van der Waals surface area contributed by atoms with Crippen LogP contribution in [0.5, 0.6) is 0 Å². The van der Waals surface area contributed by atoms with Crippen molar-refractivity contribution in [2.45, 2.75) is 83.5 Å². The van der Waals surface area contributed by atoms with E-state index in [-0.39, 0.29) is 22.3 Å². The third-order valence-electron chi connectivity index (χ3n) is 10.1. The van der Waals surface area contributed by atoms with Crippen LogP contribution in [0.2, 0.25) is 0 Å². The van der Waals surface area contributed by atoms with Crippen molar-refractivity contribution in [1.29, 1.82) is 0 Å². The van der Waals surface area contributed by atoms with Crippen LogP contribution in [0.4, 0.5) is 11.4 Å². The second-order valence-electron chi connectivity index (χ2n) is 14.5. The first-order chi connectivity index (χ1) is 23.8. The molecule has 0 aromatic heterocycles. The third kappa shape index (κ3) is 9.58. The van der Waals surface area contributed by atoms with Crippen LogP contribution in [-0.2, 0) is 31.1 Å². The third-order valence-corrected chi connectivity index (χ3v) is 13.5. The van der Waals surface area contributed by atoms with E-state index in [0.717, 1.165) is 65.4 Å². The number of anilines is 1. The molecule has 8 nitrogen and oxygen atoms in total. The predicted molar refractivity (Wildman–Crippen MR) is 223 cm³/mol. The Balaban J connectivity index is 1.46. The summed E-state index contributed by atoms with van der Waals surface area (Å²) in [7, 11) is -8.26. The fraction of sp³-hybridized carbons (Fsp3) is 0.447. The van der Waals surface area contributed by atoms with E-state index in [0.29, 0.717) is 38.8 Å². The molecule has 0 fully saturated rings. The smallest absolute Gasteiger partial charge is 0.264 e. The van der Waals surface area contributed by atoms with Crippen molar-refractivity contribution < 1.29 is 30.5 Å². The van der Waals surface area contributed by atoms with Crippen molar-refractivity contribution in [2.24, 2.45) is 0 Å². The Morgan fingerprint density at radius 2 is 1.55 bits per heavy atom. The van der Waals surface area contributed by atoms with Crippen LogP contribution in [0.25, 0.3) is 0 Å². The molecule has 0 amide bonds. The second kappa shape index (κ2) is 16.0. The molecule has 5 rings (SSSR count). The Morgan fingerprint density at radius 3 is 2.24 bits per heavy atom. The van der Waals surface area contributed by atoms with Gasteiger partial charge in [-0.25, -0.2) is 8.42 Å². The van der Waals surface area contributed by atoms with Gasteiger partial charge < -0.3 is 9.45 Å². The molecule has 0 spiro atoms. The number of hydrogen-bond donors (Lipinski definition) is 1. The van der Waals surface area contributed by atoms with E-state index >= 15 is 0 Å². The summed E-state index contributed by atoms with van der Waals surface area (Å²) in [5.74, 6) is -0.619. The lowest BCUT2D eigenvalue weighted by molar-refractivity contribution is -0.438. The van der Waals surface area contributed by atoms with E-state index in [9.17, 15) is 25.9 Å².